The number of ether oxygens (including phenoxy) is 1. The van der Waals surface area contributed by atoms with Gasteiger partial charge in [-0.2, -0.15) is 0 Å². The Hall–Kier alpha value is -2.55. The molecule has 0 saturated carbocycles. The Kier molecular flexibility index (Phi) is 4.08. The second kappa shape index (κ2) is 6.52. The minimum atomic E-state index is -0.343. The third-order valence-corrected chi connectivity index (χ3v) is 4.90. The molecule has 0 aliphatic heterocycles. The van der Waals surface area contributed by atoms with Crippen LogP contribution in [0.25, 0.3) is 11.1 Å². The zero-order chi connectivity index (χ0) is 16.4. The van der Waals surface area contributed by atoms with Crippen LogP contribution in [0.5, 0.6) is 0 Å². The van der Waals surface area contributed by atoms with Crippen molar-refractivity contribution in [1.82, 2.24) is 5.32 Å². The molecule has 0 bridgehead atoms. The van der Waals surface area contributed by atoms with E-state index in [1.54, 1.807) is 0 Å². The van der Waals surface area contributed by atoms with Crippen LogP contribution in [0, 0.1) is 0 Å². The summed E-state index contributed by atoms with van der Waals surface area (Å²) in [5, 5.41) is 2.89. The van der Waals surface area contributed by atoms with E-state index < -0.39 is 0 Å². The van der Waals surface area contributed by atoms with Gasteiger partial charge in [-0.25, -0.2) is 4.79 Å². The van der Waals surface area contributed by atoms with E-state index in [4.69, 9.17) is 4.74 Å². The zero-order valence-electron chi connectivity index (χ0n) is 13.6. The van der Waals surface area contributed by atoms with Gasteiger partial charge < -0.3 is 4.74 Å². The van der Waals surface area contributed by atoms with Gasteiger partial charge in [0.15, 0.2) is 0 Å². The standard InChI is InChI=1S/C21H21NO2/c23-21(22-15-8-2-1-3-9-15)24-14-20-18-12-6-4-10-16(18)17-11-5-7-13-19(17)20/h4-8,10-13,20H,1-3,9,14H2,(H,22,23). The molecule has 3 heteroatoms. The van der Waals surface area contributed by atoms with E-state index in [9.17, 15) is 4.79 Å². The molecule has 24 heavy (non-hydrogen) atoms. The molecule has 3 nitrogen and oxygen atoms in total. The van der Waals surface area contributed by atoms with Gasteiger partial charge >= 0.3 is 6.09 Å². The summed E-state index contributed by atoms with van der Waals surface area (Å²) in [5.74, 6) is 0.114. The molecule has 1 N–H and O–H groups in total. The first kappa shape index (κ1) is 15.0. The van der Waals surface area contributed by atoms with E-state index in [2.05, 4.69) is 47.8 Å². The van der Waals surface area contributed by atoms with Gasteiger partial charge in [0.1, 0.15) is 6.61 Å². The van der Waals surface area contributed by atoms with Crippen LogP contribution in [-0.2, 0) is 4.74 Å². The van der Waals surface area contributed by atoms with Crippen molar-refractivity contribution in [3.8, 4) is 11.1 Å². The molecule has 0 heterocycles. The fourth-order valence-electron chi connectivity index (χ4n) is 3.72. The van der Waals surface area contributed by atoms with Gasteiger partial charge in [0.05, 0.1) is 0 Å². The molecule has 0 saturated heterocycles. The fourth-order valence-corrected chi connectivity index (χ4v) is 3.72. The summed E-state index contributed by atoms with van der Waals surface area (Å²) >= 11 is 0. The molecular formula is C21H21NO2. The number of benzene rings is 2. The number of alkyl carbamates (subject to hydrolysis) is 1. The van der Waals surface area contributed by atoms with Crippen LogP contribution in [0.1, 0.15) is 42.7 Å². The van der Waals surface area contributed by atoms with Gasteiger partial charge in [-0.1, -0.05) is 54.6 Å². The molecule has 1 amide bonds. The number of rotatable bonds is 3. The number of amides is 1. The van der Waals surface area contributed by atoms with Crippen molar-refractivity contribution in [3.05, 3.63) is 71.4 Å². The molecule has 122 valence electrons. The maximum absolute atomic E-state index is 12.1. The Morgan fingerprint density at radius 1 is 1.00 bits per heavy atom. The van der Waals surface area contributed by atoms with Crippen LogP contribution >= 0.6 is 0 Å². The number of carbonyl (C=O) groups is 1. The zero-order valence-corrected chi connectivity index (χ0v) is 13.6. The molecule has 0 radical (unpaired) electrons. The largest absolute Gasteiger partial charge is 0.448 e. The highest BCUT2D eigenvalue weighted by Gasteiger charge is 2.29. The summed E-state index contributed by atoms with van der Waals surface area (Å²) in [6.07, 6.45) is 6.07. The normalized spacial score (nSPS) is 16.1. The summed E-state index contributed by atoms with van der Waals surface area (Å²) in [6, 6.07) is 16.7. The van der Waals surface area contributed by atoms with Crippen molar-refractivity contribution in [3.63, 3.8) is 0 Å². The average Bonchev–Trinajstić information content (AvgIpc) is 2.95. The summed E-state index contributed by atoms with van der Waals surface area (Å²) in [7, 11) is 0. The Balaban J connectivity index is 1.48. The third-order valence-electron chi connectivity index (χ3n) is 4.90. The minimum absolute atomic E-state index is 0.114. The van der Waals surface area contributed by atoms with Gasteiger partial charge in [-0.3, -0.25) is 5.32 Å². The lowest BCUT2D eigenvalue weighted by Crippen LogP contribution is -2.26. The monoisotopic (exact) mass is 319 g/mol. The van der Waals surface area contributed by atoms with Crippen molar-refractivity contribution in [2.45, 2.75) is 31.6 Å². The molecule has 2 aliphatic carbocycles. The Labute approximate surface area is 142 Å². The van der Waals surface area contributed by atoms with Gasteiger partial charge in [-0.15, -0.1) is 0 Å². The van der Waals surface area contributed by atoms with E-state index in [-0.39, 0.29) is 12.0 Å². The minimum Gasteiger partial charge on any atom is -0.448 e. The SMILES string of the molecule is O=C(NC1=CCCCC1)OCC1c2ccccc2-c2ccccc21. The number of carbonyl (C=O) groups excluding carboxylic acids is 1. The van der Waals surface area contributed by atoms with Crippen LogP contribution in [0.2, 0.25) is 0 Å². The van der Waals surface area contributed by atoms with Crippen LogP contribution in [0.15, 0.2) is 60.3 Å². The van der Waals surface area contributed by atoms with Crippen LogP contribution in [0.4, 0.5) is 4.79 Å². The summed E-state index contributed by atoms with van der Waals surface area (Å²) in [5.41, 5.74) is 5.97. The average molecular weight is 319 g/mol. The first-order valence-corrected chi connectivity index (χ1v) is 8.64. The lowest BCUT2D eigenvalue weighted by atomic mass is 9.98. The lowest BCUT2D eigenvalue weighted by Gasteiger charge is -2.17. The molecule has 2 aliphatic rings. The number of nitrogens with one attached hydrogen (secondary N) is 1. The van der Waals surface area contributed by atoms with Crippen molar-refractivity contribution in [2.75, 3.05) is 6.61 Å². The topological polar surface area (TPSA) is 38.3 Å². The third kappa shape index (κ3) is 2.82. The first-order valence-electron chi connectivity index (χ1n) is 8.64. The van der Waals surface area contributed by atoms with E-state index in [1.807, 2.05) is 12.1 Å². The van der Waals surface area contributed by atoms with Gasteiger partial charge in [0.25, 0.3) is 0 Å². The maximum Gasteiger partial charge on any atom is 0.411 e. The highest BCUT2D eigenvalue weighted by Crippen LogP contribution is 2.44. The summed E-state index contributed by atoms with van der Waals surface area (Å²) in [4.78, 5) is 12.1. The maximum atomic E-state index is 12.1. The van der Waals surface area contributed by atoms with Crippen molar-refractivity contribution in [1.29, 1.82) is 0 Å². The van der Waals surface area contributed by atoms with Crippen molar-refractivity contribution < 1.29 is 9.53 Å². The Morgan fingerprint density at radius 2 is 1.67 bits per heavy atom. The lowest BCUT2D eigenvalue weighted by molar-refractivity contribution is 0.145. The van der Waals surface area contributed by atoms with Gasteiger partial charge in [0.2, 0.25) is 0 Å². The Bertz CT molecular complexity index is 748. The molecule has 0 aromatic heterocycles. The highest BCUT2D eigenvalue weighted by molar-refractivity contribution is 5.79. The molecule has 0 spiro atoms. The van der Waals surface area contributed by atoms with Crippen LogP contribution < -0.4 is 5.32 Å². The predicted octanol–water partition coefficient (Wildman–Crippen LogP) is 4.98. The van der Waals surface area contributed by atoms with E-state index in [1.165, 1.54) is 28.7 Å². The number of allylic oxidation sites excluding steroid dienone is 2. The quantitative estimate of drug-likeness (QED) is 0.866. The number of fused-ring (bicyclic) bond motifs is 3. The second-order valence-electron chi connectivity index (χ2n) is 6.43. The summed E-state index contributed by atoms with van der Waals surface area (Å²) < 4.78 is 5.55. The van der Waals surface area contributed by atoms with Crippen LogP contribution in [0.3, 0.4) is 0 Å². The van der Waals surface area contributed by atoms with Gasteiger partial charge in [0, 0.05) is 11.6 Å². The molecule has 4 rings (SSSR count). The first-order chi connectivity index (χ1) is 11.8. The summed E-state index contributed by atoms with van der Waals surface area (Å²) in [6.45, 7) is 0.368. The molecule has 2 aromatic carbocycles. The van der Waals surface area contributed by atoms with E-state index in [0.717, 1.165) is 25.0 Å². The van der Waals surface area contributed by atoms with E-state index in [0.29, 0.717) is 6.61 Å². The molecule has 2 aromatic rings. The number of hydrogen-bond acceptors (Lipinski definition) is 2. The second-order valence-corrected chi connectivity index (χ2v) is 6.43. The predicted molar refractivity (Wildman–Crippen MR) is 94.8 cm³/mol. The van der Waals surface area contributed by atoms with Crippen molar-refractivity contribution in [2.24, 2.45) is 0 Å². The molecular weight excluding hydrogens is 298 g/mol. The molecule has 0 unspecified atom stereocenters. The van der Waals surface area contributed by atoms with Crippen molar-refractivity contribution >= 4 is 6.09 Å². The number of hydrogen-bond donors (Lipinski definition) is 1. The van der Waals surface area contributed by atoms with Crippen LogP contribution in [-0.4, -0.2) is 12.7 Å². The molecule has 0 fully saturated rings. The van der Waals surface area contributed by atoms with Gasteiger partial charge in [-0.05, 0) is 47.9 Å². The smallest absolute Gasteiger partial charge is 0.411 e. The molecule has 0 atom stereocenters. The van der Waals surface area contributed by atoms with E-state index >= 15 is 0 Å². The Morgan fingerprint density at radius 3 is 2.29 bits per heavy atom. The fraction of sp³-hybridized carbons (Fsp3) is 0.286. The highest BCUT2D eigenvalue weighted by atomic mass is 16.5.